The number of nitrogens with one attached hydrogen (secondary N) is 1. The second-order valence-electron chi connectivity index (χ2n) is 7.29. The van der Waals surface area contributed by atoms with Crippen LogP contribution in [0.4, 0.5) is 5.69 Å². The van der Waals surface area contributed by atoms with Crippen LogP contribution in [0.3, 0.4) is 0 Å². The third-order valence-electron chi connectivity index (χ3n) is 5.28. The molecule has 0 fully saturated rings. The fourth-order valence-electron chi connectivity index (χ4n) is 3.69. The first-order valence-corrected chi connectivity index (χ1v) is 9.75. The molecule has 29 heavy (non-hydrogen) atoms. The monoisotopic (exact) mass is 379 g/mol. The van der Waals surface area contributed by atoms with E-state index in [0.717, 1.165) is 44.6 Å². The highest BCUT2D eigenvalue weighted by Gasteiger charge is 2.14. The Morgan fingerprint density at radius 2 is 1.62 bits per heavy atom. The summed E-state index contributed by atoms with van der Waals surface area (Å²) in [5, 5.41) is 5.79. The molecule has 1 N–H and O–H groups in total. The highest BCUT2D eigenvalue weighted by atomic mass is 16.3. The molecular weight excluding hydrogens is 358 g/mol. The molecule has 0 saturated heterocycles. The van der Waals surface area contributed by atoms with Crippen LogP contribution in [0.25, 0.3) is 33.1 Å². The van der Waals surface area contributed by atoms with E-state index in [1.54, 1.807) is 0 Å². The van der Waals surface area contributed by atoms with Gasteiger partial charge in [-0.25, -0.2) is 9.97 Å². The Kier molecular flexibility index (Phi) is 4.24. The second kappa shape index (κ2) is 7.06. The van der Waals surface area contributed by atoms with Gasteiger partial charge in [-0.1, -0.05) is 48.5 Å². The predicted molar refractivity (Wildman–Crippen MR) is 118 cm³/mol. The van der Waals surface area contributed by atoms with Crippen molar-refractivity contribution in [2.45, 2.75) is 19.9 Å². The molecule has 2 aromatic heterocycles. The average molecular weight is 379 g/mol. The van der Waals surface area contributed by atoms with E-state index in [1.807, 2.05) is 31.5 Å². The Balaban J connectivity index is 1.57. The highest BCUT2D eigenvalue weighted by Crippen LogP contribution is 2.36. The maximum atomic E-state index is 6.24. The largest absolute Gasteiger partial charge is 0.454 e. The minimum absolute atomic E-state index is 0.176. The quantitative estimate of drug-likeness (QED) is 0.386. The number of anilines is 1. The number of benzene rings is 3. The summed E-state index contributed by atoms with van der Waals surface area (Å²) in [6.45, 7) is 4.05. The molecule has 0 bridgehead atoms. The number of rotatable bonds is 4. The maximum Gasteiger partial charge on any atom is 0.158 e. The standard InChI is InChI=1S/C25H21N3O/c1-16(18-7-4-3-5-8-18)28-23-10-6-9-21-22-13-19(11-12-24(22)29-25(21)23)20-14-26-17(2)27-15-20/h3-16,28H,1-2H3. The minimum atomic E-state index is 0.176. The van der Waals surface area contributed by atoms with Crippen molar-refractivity contribution >= 4 is 27.6 Å². The van der Waals surface area contributed by atoms with Crippen LogP contribution in [-0.2, 0) is 0 Å². The van der Waals surface area contributed by atoms with E-state index < -0.39 is 0 Å². The highest BCUT2D eigenvalue weighted by molar-refractivity contribution is 6.09. The van der Waals surface area contributed by atoms with Crippen LogP contribution in [0.5, 0.6) is 0 Å². The topological polar surface area (TPSA) is 51.0 Å². The molecule has 3 aromatic carbocycles. The number of para-hydroxylation sites is 1. The van der Waals surface area contributed by atoms with Gasteiger partial charge < -0.3 is 9.73 Å². The van der Waals surface area contributed by atoms with Crippen LogP contribution < -0.4 is 5.32 Å². The maximum absolute atomic E-state index is 6.24. The lowest BCUT2D eigenvalue weighted by Crippen LogP contribution is -2.06. The van der Waals surface area contributed by atoms with Gasteiger partial charge in [0, 0.05) is 34.8 Å². The summed E-state index contributed by atoms with van der Waals surface area (Å²) in [5.41, 5.74) is 6.06. The van der Waals surface area contributed by atoms with Gasteiger partial charge in [0.05, 0.1) is 5.69 Å². The van der Waals surface area contributed by atoms with E-state index in [1.165, 1.54) is 5.56 Å². The number of fused-ring (bicyclic) bond motifs is 3. The number of aryl methyl sites for hydroxylation is 1. The molecule has 0 aliphatic carbocycles. The first-order valence-electron chi connectivity index (χ1n) is 9.75. The zero-order valence-electron chi connectivity index (χ0n) is 16.4. The van der Waals surface area contributed by atoms with Crippen LogP contribution >= 0.6 is 0 Å². The second-order valence-corrected chi connectivity index (χ2v) is 7.29. The number of nitrogens with zero attached hydrogens (tertiary/aromatic N) is 2. The van der Waals surface area contributed by atoms with Crippen molar-refractivity contribution in [2.24, 2.45) is 0 Å². The van der Waals surface area contributed by atoms with Crippen molar-refractivity contribution in [3.05, 3.63) is 90.5 Å². The van der Waals surface area contributed by atoms with Gasteiger partial charge in [-0.05, 0) is 43.2 Å². The minimum Gasteiger partial charge on any atom is -0.454 e. The molecule has 5 rings (SSSR count). The van der Waals surface area contributed by atoms with Gasteiger partial charge in [0.25, 0.3) is 0 Å². The van der Waals surface area contributed by atoms with E-state index in [2.05, 4.69) is 76.8 Å². The van der Waals surface area contributed by atoms with Gasteiger partial charge in [-0.15, -0.1) is 0 Å². The Bertz CT molecular complexity index is 1290. The fourth-order valence-corrected chi connectivity index (χ4v) is 3.69. The van der Waals surface area contributed by atoms with Gasteiger partial charge in [-0.2, -0.15) is 0 Å². The molecule has 0 amide bonds. The molecule has 0 spiro atoms. The molecule has 4 nitrogen and oxygen atoms in total. The molecule has 4 heteroatoms. The van der Waals surface area contributed by atoms with Crippen LogP contribution in [0, 0.1) is 6.92 Å². The SMILES string of the molecule is Cc1ncc(-c2ccc3oc4c(NC(C)c5ccccc5)cccc4c3c2)cn1. The number of hydrogen-bond acceptors (Lipinski definition) is 4. The average Bonchev–Trinajstić information content (AvgIpc) is 3.14. The first kappa shape index (κ1) is 17.4. The van der Waals surface area contributed by atoms with Gasteiger partial charge >= 0.3 is 0 Å². The summed E-state index contributed by atoms with van der Waals surface area (Å²) in [4.78, 5) is 8.63. The lowest BCUT2D eigenvalue weighted by atomic mass is 10.0. The third kappa shape index (κ3) is 3.23. The van der Waals surface area contributed by atoms with Crippen molar-refractivity contribution in [2.75, 3.05) is 5.32 Å². The Hall–Kier alpha value is -3.66. The predicted octanol–water partition coefficient (Wildman–Crippen LogP) is 6.52. The van der Waals surface area contributed by atoms with Gasteiger partial charge in [0.15, 0.2) is 5.58 Å². The van der Waals surface area contributed by atoms with Crippen molar-refractivity contribution < 1.29 is 4.42 Å². The molecule has 142 valence electrons. The molecule has 1 atom stereocenters. The van der Waals surface area contributed by atoms with Crippen molar-refractivity contribution in [3.8, 4) is 11.1 Å². The van der Waals surface area contributed by atoms with E-state index in [4.69, 9.17) is 4.42 Å². The van der Waals surface area contributed by atoms with Crippen LogP contribution in [0.2, 0.25) is 0 Å². The summed E-state index contributed by atoms with van der Waals surface area (Å²) in [7, 11) is 0. The van der Waals surface area contributed by atoms with E-state index in [-0.39, 0.29) is 6.04 Å². The third-order valence-corrected chi connectivity index (χ3v) is 5.28. The smallest absolute Gasteiger partial charge is 0.158 e. The van der Waals surface area contributed by atoms with Crippen LogP contribution in [0.15, 0.2) is 83.5 Å². The Morgan fingerprint density at radius 3 is 2.41 bits per heavy atom. The summed E-state index contributed by atoms with van der Waals surface area (Å²) >= 11 is 0. The molecular formula is C25H21N3O. The lowest BCUT2D eigenvalue weighted by molar-refractivity contribution is 0.668. The van der Waals surface area contributed by atoms with Crippen molar-refractivity contribution in [1.82, 2.24) is 9.97 Å². The molecule has 0 radical (unpaired) electrons. The summed E-state index contributed by atoms with van der Waals surface area (Å²) < 4.78 is 6.24. The Morgan fingerprint density at radius 1 is 0.828 bits per heavy atom. The molecule has 5 aromatic rings. The van der Waals surface area contributed by atoms with Gasteiger partial charge in [0.2, 0.25) is 0 Å². The molecule has 2 heterocycles. The zero-order chi connectivity index (χ0) is 19.8. The fraction of sp³-hybridized carbons (Fsp3) is 0.120. The number of furan rings is 1. The van der Waals surface area contributed by atoms with Crippen LogP contribution in [-0.4, -0.2) is 9.97 Å². The summed E-state index contributed by atoms with van der Waals surface area (Å²) in [6, 6.07) is 23.1. The molecule has 0 saturated carbocycles. The summed E-state index contributed by atoms with van der Waals surface area (Å²) in [5.74, 6) is 0.770. The van der Waals surface area contributed by atoms with Gasteiger partial charge in [-0.3, -0.25) is 0 Å². The molecule has 0 aliphatic rings. The van der Waals surface area contributed by atoms with Crippen molar-refractivity contribution in [3.63, 3.8) is 0 Å². The zero-order valence-corrected chi connectivity index (χ0v) is 16.4. The van der Waals surface area contributed by atoms with Gasteiger partial charge in [0.1, 0.15) is 11.4 Å². The Labute approximate surface area is 169 Å². The van der Waals surface area contributed by atoms with Crippen molar-refractivity contribution in [1.29, 1.82) is 0 Å². The number of aromatic nitrogens is 2. The van der Waals surface area contributed by atoms with E-state index >= 15 is 0 Å². The first-order chi connectivity index (χ1) is 14.2. The van der Waals surface area contributed by atoms with E-state index in [0.29, 0.717) is 0 Å². The number of hydrogen-bond donors (Lipinski definition) is 1. The lowest BCUT2D eigenvalue weighted by Gasteiger charge is -2.15. The molecule has 0 aliphatic heterocycles. The molecule has 1 unspecified atom stereocenters. The normalized spacial score (nSPS) is 12.3. The van der Waals surface area contributed by atoms with E-state index in [9.17, 15) is 0 Å². The summed E-state index contributed by atoms with van der Waals surface area (Å²) in [6.07, 6.45) is 3.72. The van der Waals surface area contributed by atoms with Crippen LogP contribution in [0.1, 0.15) is 24.4 Å².